The van der Waals surface area contributed by atoms with Crippen LogP contribution in [0.4, 0.5) is 0 Å². The van der Waals surface area contributed by atoms with Crippen LogP contribution in [0.2, 0.25) is 0 Å². The van der Waals surface area contributed by atoms with Crippen molar-refractivity contribution in [2.24, 2.45) is 0 Å². The Balaban J connectivity index is 2.06. The van der Waals surface area contributed by atoms with Crippen LogP contribution in [0, 0.1) is 0 Å². The maximum atomic E-state index is 12.8. The maximum absolute atomic E-state index is 12.8. The van der Waals surface area contributed by atoms with Gasteiger partial charge in [0, 0.05) is 24.3 Å². The Hall–Kier alpha value is -1.87. The highest BCUT2D eigenvalue weighted by Crippen LogP contribution is 2.28. The number of hydrogen-bond donors (Lipinski definition) is 2. The van der Waals surface area contributed by atoms with Gasteiger partial charge >= 0.3 is 0 Å². The number of nitrogens with zero attached hydrogens (tertiary/aromatic N) is 3. The van der Waals surface area contributed by atoms with E-state index in [1.54, 1.807) is 12.1 Å². The minimum absolute atomic E-state index is 0.143. The normalized spacial score (nSPS) is 15.6. The van der Waals surface area contributed by atoms with Gasteiger partial charge in [-0.3, -0.25) is 0 Å². The number of aliphatic hydroxyl groups excluding tert-OH is 2. The van der Waals surface area contributed by atoms with Crippen LogP contribution in [0.1, 0.15) is 49.6 Å². The molecule has 0 aliphatic carbocycles. The maximum Gasteiger partial charge on any atom is 0.243 e. The lowest BCUT2D eigenvalue weighted by Crippen LogP contribution is -2.28. The molecule has 0 atom stereocenters. The third-order valence-corrected chi connectivity index (χ3v) is 6.64. The standard InChI is InChI=1S/C19H25N3O4S/c1-13(2)18-10-15(12-24)20-19(21-18)17-6-5-16(9-14(17)11-23)27(25,26)22-7-3-4-8-22/h5-6,9-10,13,23-24H,3-4,7-8,11-12H2,1-2H3. The van der Waals surface area contributed by atoms with Gasteiger partial charge < -0.3 is 10.2 Å². The molecule has 1 aliphatic heterocycles. The molecule has 27 heavy (non-hydrogen) atoms. The van der Waals surface area contributed by atoms with E-state index in [1.165, 1.54) is 16.4 Å². The first kappa shape index (κ1) is 19.9. The van der Waals surface area contributed by atoms with Crippen molar-refractivity contribution >= 4 is 10.0 Å². The minimum atomic E-state index is -3.56. The molecule has 8 heteroatoms. The van der Waals surface area contributed by atoms with E-state index in [1.807, 2.05) is 13.8 Å². The van der Waals surface area contributed by atoms with Gasteiger partial charge in [-0.2, -0.15) is 4.31 Å². The highest BCUT2D eigenvalue weighted by atomic mass is 32.2. The Morgan fingerprint density at radius 1 is 1.07 bits per heavy atom. The number of aromatic nitrogens is 2. The van der Waals surface area contributed by atoms with Gasteiger partial charge in [-0.15, -0.1) is 0 Å². The summed E-state index contributed by atoms with van der Waals surface area (Å²) in [5.41, 5.74) is 2.28. The zero-order valence-electron chi connectivity index (χ0n) is 15.6. The van der Waals surface area contributed by atoms with E-state index in [0.29, 0.717) is 35.7 Å². The quantitative estimate of drug-likeness (QED) is 0.781. The lowest BCUT2D eigenvalue weighted by atomic mass is 10.1. The molecule has 1 aromatic heterocycles. The average molecular weight is 391 g/mol. The van der Waals surface area contributed by atoms with Crippen molar-refractivity contribution < 1.29 is 18.6 Å². The second-order valence-corrected chi connectivity index (χ2v) is 8.95. The Kier molecular flexibility index (Phi) is 5.90. The summed E-state index contributed by atoms with van der Waals surface area (Å²) in [6, 6.07) is 6.41. The molecule has 0 unspecified atom stereocenters. The highest BCUT2D eigenvalue weighted by molar-refractivity contribution is 7.89. The second-order valence-electron chi connectivity index (χ2n) is 7.01. The summed E-state index contributed by atoms with van der Waals surface area (Å²) in [5, 5.41) is 19.3. The summed E-state index contributed by atoms with van der Waals surface area (Å²) in [5.74, 6) is 0.517. The Morgan fingerprint density at radius 3 is 2.37 bits per heavy atom. The summed E-state index contributed by atoms with van der Waals surface area (Å²) in [4.78, 5) is 9.05. The van der Waals surface area contributed by atoms with Gasteiger partial charge in [0.05, 0.1) is 23.8 Å². The van der Waals surface area contributed by atoms with Crippen molar-refractivity contribution in [3.8, 4) is 11.4 Å². The SMILES string of the molecule is CC(C)c1cc(CO)nc(-c2ccc(S(=O)(=O)N3CCCC3)cc2CO)n1. The van der Waals surface area contributed by atoms with Crippen LogP contribution < -0.4 is 0 Å². The predicted octanol–water partition coefficient (Wildman–Crippen LogP) is 2.04. The van der Waals surface area contributed by atoms with E-state index >= 15 is 0 Å². The summed E-state index contributed by atoms with van der Waals surface area (Å²) in [7, 11) is -3.56. The van der Waals surface area contributed by atoms with E-state index in [4.69, 9.17) is 0 Å². The molecule has 0 radical (unpaired) electrons. The van der Waals surface area contributed by atoms with Crippen LogP contribution in [0.5, 0.6) is 0 Å². The predicted molar refractivity (Wildman–Crippen MR) is 101 cm³/mol. The summed E-state index contributed by atoms with van der Waals surface area (Å²) in [6.45, 7) is 4.49. The Bertz CT molecular complexity index is 923. The Morgan fingerprint density at radius 2 is 1.78 bits per heavy atom. The molecule has 1 fully saturated rings. The monoisotopic (exact) mass is 391 g/mol. The van der Waals surface area contributed by atoms with Crippen molar-refractivity contribution in [1.82, 2.24) is 14.3 Å². The van der Waals surface area contributed by atoms with Gasteiger partial charge in [-0.05, 0) is 48.6 Å². The molecule has 2 heterocycles. The summed E-state index contributed by atoms with van der Waals surface area (Å²) >= 11 is 0. The zero-order chi connectivity index (χ0) is 19.6. The fourth-order valence-electron chi connectivity index (χ4n) is 3.17. The van der Waals surface area contributed by atoms with E-state index in [0.717, 1.165) is 18.5 Å². The number of sulfonamides is 1. The van der Waals surface area contributed by atoms with Crippen molar-refractivity contribution in [2.75, 3.05) is 13.1 Å². The van der Waals surface area contributed by atoms with E-state index < -0.39 is 10.0 Å². The average Bonchev–Trinajstić information content (AvgIpc) is 3.22. The molecular weight excluding hydrogens is 366 g/mol. The number of aliphatic hydroxyl groups is 2. The number of hydrogen-bond acceptors (Lipinski definition) is 6. The highest BCUT2D eigenvalue weighted by Gasteiger charge is 2.28. The Labute approximate surface area is 159 Å². The fraction of sp³-hybridized carbons (Fsp3) is 0.474. The molecule has 1 aliphatic rings. The van der Waals surface area contributed by atoms with Crippen molar-refractivity contribution in [3.63, 3.8) is 0 Å². The molecule has 3 rings (SSSR count). The first-order valence-corrected chi connectivity index (χ1v) is 10.5. The van der Waals surface area contributed by atoms with Crippen molar-refractivity contribution in [1.29, 1.82) is 0 Å². The fourth-order valence-corrected chi connectivity index (χ4v) is 4.74. The van der Waals surface area contributed by atoms with Crippen LogP contribution in [0.15, 0.2) is 29.2 Å². The largest absolute Gasteiger partial charge is 0.392 e. The van der Waals surface area contributed by atoms with Gasteiger partial charge in [-0.25, -0.2) is 18.4 Å². The molecule has 0 spiro atoms. The molecular formula is C19H25N3O4S. The molecule has 2 aromatic rings. The van der Waals surface area contributed by atoms with Crippen LogP contribution in [-0.4, -0.2) is 46.0 Å². The van der Waals surface area contributed by atoms with Gasteiger partial charge in [0.15, 0.2) is 5.82 Å². The van der Waals surface area contributed by atoms with E-state index in [-0.39, 0.29) is 24.0 Å². The number of rotatable bonds is 6. The van der Waals surface area contributed by atoms with E-state index in [9.17, 15) is 18.6 Å². The third kappa shape index (κ3) is 4.03. The zero-order valence-corrected chi connectivity index (χ0v) is 16.4. The van der Waals surface area contributed by atoms with E-state index in [2.05, 4.69) is 9.97 Å². The first-order chi connectivity index (χ1) is 12.9. The molecule has 0 bridgehead atoms. The van der Waals surface area contributed by atoms with Gasteiger partial charge in [0.1, 0.15) is 0 Å². The molecule has 146 valence electrons. The molecule has 1 aromatic carbocycles. The topological polar surface area (TPSA) is 104 Å². The van der Waals surface area contributed by atoms with Gasteiger partial charge in [0.2, 0.25) is 10.0 Å². The van der Waals surface area contributed by atoms with Crippen LogP contribution >= 0.6 is 0 Å². The van der Waals surface area contributed by atoms with Crippen LogP contribution in [0.3, 0.4) is 0 Å². The lowest BCUT2D eigenvalue weighted by molar-refractivity contribution is 0.276. The lowest BCUT2D eigenvalue weighted by Gasteiger charge is -2.17. The smallest absolute Gasteiger partial charge is 0.243 e. The number of benzene rings is 1. The van der Waals surface area contributed by atoms with Gasteiger partial charge in [-0.1, -0.05) is 13.8 Å². The summed E-state index contributed by atoms with van der Waals surface area (Å²) in [6.07, 6.45) is 1.73. The summed E-state index contributed by atoms with van der Waals surface area (Å²) < 4.78 is 27.0. The van der Waals surface area contributed by atoms with Crippen LogP contribution in [0.25, 0.3) is 11.4 Å². The minimum Gasteiger partial charge on any atom is -0.392 e. The van der Waals surface area contributed by atoms with Gasteiger partial charge in [0.25, 0.3) is 0 Å². The molecule has 0 amide bonds. The third-order valence-electron chi connectivity index (χ3n) is 4.74. The van der Waals surface area contributed by atoms with Crippen molar-refractivity contribution in [2.45, 2.75) is 50.7 Å². The first-order valence-electron chi connectivity index (χ1n) is 9.10. The van der Waals surface area contributed by atoms with Crippen molar-refractivity contribution in [3.05, 3.63) is 41.2 Å². The van der Waals surface area contributed by atoms with Crippen LogP contribution in [-0.2, 0) is 23.2 Å². The second kappa shape index (κ2) is 8.02. The molecule has 1 saturated heterocycles. The molecule has 2 N–H and O–H groups in total. The molecule has 0 saturated carbocycles. The molecule has 7 nitrogen and oxygen atoms in total.